The van der Waals surface area contributed by atoms with Gasteiger partial charge in [0.15, 0.2) is 5.82 Å². The summed E-state index contributed by atoms with van der Waals surface area (Å²) in [5, 5.41) is 4.25. The second-order valence-corrected chi connectivity index (χ2v) is 7.92. The lowest BCUT2D eigenvalue weighted by atomic mass is 9.93. The highest BCUT2D eigenvalue weighted by Crippen LogP contribution is 2.27. The van der Waals surface area contributed by atoms with Crippen LogP contribution in [0, 0.1) is 5.92 Å². The summed E-state index contributed by atoms with van der Waals surface area (Å²) in [6.45, 7) is 2.35. The number of hydrogen-bond acceptors (Lipinski definition) is 6. The lowest BCUT2D eigenvalue weighted by Gasteiger charge is -2.33. The molecule has 1 fully saturated rings. The van der Waals surface area contributed by atoms with Crippen molar-refractivity contribution in [2.45, 2.75) is 19.3 Å². The molecule has 0 unspecified atom stereocenters. The van der Waals surface area contributed by atoms with Gasteiger partial charge in [-0.2, -0.15) is 5.10 Å². The molecule has 23 heavy (non-hydrogen) atoms. The highest BCUT2D eigenvalue weighted by atomic mass is 32.2. The summed E-state index contributed by atoms with van der Waals surface area (Å²) in [7, 11) is -1.19. The Labute approximate surface area is 136 Å². The van der Waals surface area contributed by atoms with E-state index in [0.29, 0.717) is 12.5 Å². The topological polar surface area (TPSA) is 93.0 Å². The van der Waals surface area contributed by atoms with Gasteiger partial charge in [0, 0.05) is 26.7 Å². The SMILES string of the molecule is Cn1ncc2ncnc(N3CCC(CCNS(C)(=O)=O)CC3)c21. The van der Waals surface area contributed by atoms with Crippen LogP contribution in [-0.4, -0.2) is 54.1 Å². The Balaban J connectivity index is 1.61. The number of piperidine rings is 1. The van der Waals surface area contributed by atoms with Crippen LogP contribution < -0.4 is 9.62 Å². The molecule has 8 nitrogen and oxygen atoms in total. The quantitative estimate of drug-likeness (QED) is 0.854. The van der Waals surface area contributed by atoms with Crippen LogP contribution in [0.5, 0.6) is 0 Å². The van der Waals surface area contributed by atoms with Crippen LogP contribution in [0.2, 0.25) is 0 Å². The van der Waals surface area contributed by atoms with Gasteiger partial charge < -0.3 is 4.90 Å². The average Bonchev–Trinajstić information content (AvgIpc) is 2.89. The number of nitrogens with zero attached hydrogens (tertiary/aromatic N) is 5. The molecule has 2 aromatic rings. The van der Waals surface area contributed by atoms with E-state index >= 15 is 0 Å². The van der Waals surface area contributed by atoms with Gasteiger partial charge in [-0.15, -0.1) is 0 Å². The van der Waals surface area contributed by atoms with Crippen LogP contribution >= 0.6 is 0 Å². The number of sulfonamides is 1. The van der Waals surface area contributed by atoms with Crippen molar-refractivity contribution < 1.29 is 8.42 Å². The zero-order valence-corrected chi connectivity index (χ0v) is 14.3. The van der Waals surface area contributed by atoms with Crippen LogP contribution in [-0.2, 0) is 17.1 Å². The third-order valence-corrected chi connectivity index (χ3v) is 5.07. The molecule has 9 heteroatoms. The fourth-order valence-electron chi connectivity index (χ4n) is 3.10. The fraction of sp³-hybridized carbons (Fsp3) is 0.643. The molecule has 0 aliphatic carbocycles. The number of hydrogen-bond donors (Lipinski definition) is 1. The zero-order chi connectivity index (χ0) is 16.4. The first kappa shape index (κ1) is 16.1. The van der Waals surface area contributed by atoms with Crippen LogP contribution in [0.25, 0.3) is 11.0 Å². The monoisotopic (exact) mass is 338 g/mol. The molecular weight excluding hydrogens is 316 g/mol. The second-order valence-electron chi connectivity index (χ2n) is 6.08. The largest absolute Gasteiger partial charge is 0.355 e. The predicted octanol–water partition coefficient (Wildman–Crippen LogP) is 0.519. The average molecular weight is 338 g/mol. The first-order valence-corrected chi connectivity index (χ1v) is 9.65. The van der Waals surface area contributed by atoms with Gasteiger partial charge in [-0.1, -0.05) is 0 Å². The van der Waals surface area contributed by atoms with E-state index < -0.39 is 10.0 Å². The molecule has 3 rings (SSSR count). The molecule has 0 bridgehead atoms. The van der Waals surface area contributed by atoms with Gasteiger partial charge in [0.25, 0.3) is 0 Å². The maximum absolute atomic E-state index is 11.1. The molecule has 1 N–H and O–H groups in total. The second kappa shape index (κ2) is 6.40. The molecule has 1 saturated heterocycles. The molecule has 0 spiro atoms. The van der Waals surface area contributed by atoms with Crippen LogP contribution in [0.4, 0.5) is 5.82 Å². The van der Waals surface area contributed by atoms with Crippen molar-refractivity contribution in [2.24, 2.45) is 13.0 Å². The summed E-state index contributed by atoms with van der Waals surface area (Å²) >= 11 is 0. The summed E-state index contributed by atoms with van der Waals surface area (Å²) in [4.78, 5) is 11.0. The van der Waals surface area contributed by atoms with Gasteiger partial charge in [-0.05, 0) is 25.2 Å². The molecule has 0 atom stereocenters. The summed E-state index contributed by atoms with van der Waals surface area (Å²) in [5.41, 5.74) is 1.82. The molecule has 0 radical (unpaired) electrons. The van der Waals surface area contributed by atoms with E-state index in [1.165, 1.54) is 6.26 Å². The van der Waals surface area contributed by atoms with Gasteiger partial charge in [-0.25, -0.2) is 23.1 Å². The molecule has 3 heterocycles. The number of aryl methyl sites for hydroxylation is 1. The van der Waals surface area contributed by atoms with E-state index in [1.54, 1.807) is 12.5 Å². The van der Waals surface area contributed by atoms with E-state index in [1.807, 2.05) is 11.7 Å². The highest BCUT2D eigenvalue weighted by molar-refractivity contribution is 7.88. The van der Waals surface area contributed by atoms with Gasteiger partial charge in [0.2, 0.25) is 10.0 Å². The lowest BCUT2D eigenvalue weighted by Crippen LogP contribution is -2.36. The fourth-order valence-corrected chi connectivity index (χ4v) is 3.59. The van der Waals surface area contributed by atoms with E-state index in [9.17, 15) is 8.42 Å². The van der Waals surface area contributed by atoms with Crippen LogP contribution in [0.3, 0.4) is 0 Å². The smallest absolute Gasteiger partial charge is 0.208 e. The first-order valence-electron chi connectivity index (χ1n) is 7.76. The molecular formula is C14H22N6O2S. The predicted molar refractivity (Wildman–Crippen MR) is 88.7 cm³/mol. The molecule has 0 amide bonds. The number of rotatable bonds is 5. The number of aromatic nitrogens is 4. The van der Waals surface area contributed by atoms with Crippen LogP contribution in [0.15, 0.2) is 12.5 Å². The third-order valence-electron chi connectivity index (χ3n) is 4.34. The molecule has 0 aromatic carbocycles. The summed E-state index contributed by atoms with van der Waals surface area (Å²) in [6, 6.07) is 0. The molecule has 126 valence electrons. The summed E-state index contributed by atoms with van der Waals surface area (Å²) in [6.07, 6.45) is 7.49. The first-order chi connectivity index (χ1) is 10.9. The van der Waals surface area contributed by atoms with E-state index in [4.69, 9.17) is 0 Å². The molecule has 1 aliphatic heterocycles. The Morgan fingerprint density at radius 2 is 2.04 bits per heavy atom. The summed E-state index contributed by atoms with van der Waals surface area (Å²) < 4.78 is 26.6. The molecule has 2 aromatic heterocycles. The number of nitrogens with one attached hydrogen (secondary N) is 1. The minimum absolute atomic E-state index is 0.517. The van der Waals surface area contributed by atoms with Crippen molar-refractivity contribution in [2.75, 3.05) is 30.8 Å². The zero-order valence-electron chi connectivity index (χ0n) is 13.4. The van der Waals surface area contributed by atoms with Gasteiger partial charge in [0.1, 0.15) is 17.4 Å². The third kappa shape index (κ3) is 3.78. The van der Waals surface area contributed by atoms with Crippen molar-refractivity contribution in [3.8, 4) is 0 Å². The van der Waals surface area contributed by atoms with Crippen LogP contribution in [0.1, 0.15) is 19.3 Å². The lowest BCUT2D eigenvalue weighted by molar-refractivity contribution is 0.381. The van der Waals surface area contributed by atoms with Crippen molar-refractivity contribution in [1.82, 2.24) is 24.5 Å². The Morgan fingerprint density at radius 3 is 2.74 bits per heavy atom. The van der Waals surface area contributed by atoms with Gasteiger partial charge in [-0.3, -0.25) is 4.68 Å². The maximum Gasteiger partial charge on any atom is 0.208 e. The minimum Gasteiger partial charge on any atom is -0.355 e. The normalized spacial score (nSPS) is 17.0. The van der Waals surface area contributed by atoms with E-state index in [-0.39, 0.29) is 0 Å². The molecule has 0 saturated carbocycles. The van der Waals surface area contributed by atoms with Gasteiger partial charge in [0.05, 0.1) is 12.5 Å². The highest BCUT2D eigenvalue weighted by Gasteiger charge is 2.22. The Hall–Kier alpha value is -1.74. The van der Waals surface area contributed by atoms with Crippen molar-refractivity contribution in [3.63, 3.8) is 0 Å². The minimum atomic E-state index is -3.09. The van der Waals surface area contributed by atoms with E-state index in [2.05, 4.69) is 24.7 Å². The van der Waals surface area contributed by atoms with Crippen molar-refractivity contribution in [1.29, 1.82) is 0 Å². The standard InChI is InChI=1S/C14H22N6O2S/c1-19-13-12(9-17-19)15-10-16-14(13)20-7-4-11(5-8-20)3-6-18-23(2,21)22/h9-11,18H,3-8H2,1-2H3. The Bertz CT molecular complexity index is 780. The molecule has 1 aliphatic rings. The Morgan fingerprint density at radius 1 is 1.30 bits per heavy atom. The maximum atomic E-state index is 11.1. The summed E-state index contributed by atoms with van der Waals surface area (Å²) in [5.74, 6) is 1.48. The number of anilines is 1. The van der Waals surface area contributed by atoms with E-state index in [0.717, 1.165) is 49.2 Å². The van der Waals surface area contributed by atoms with Crippen molar-refractivity contribution in [3.05, 3.63) is 12.5 Å². The Kier molecular flexibility index (Phi) is 4.49. The van der Waals surface area contributed by atoms with Crippen molar-refractivity contribution >= 4 is 26.9 Å². The number of fused-ring (bicyclic) bond motifs is 1. The van der Waals surface area contributed by atoms with Gasteiger partial charge >= 0.3 is 0 Å².